The molecular weight excluding hydrogens is 352 g/mol. The molecule has 0 fully saturated rings. The summed E-state index contributed by atoms with van der Waals surface area (Å²) in [7, 11) is 0. The fraction of sp³-hybridized carbons (Fsp3) is 0.263. The summed E-state index contributed by atoms with van der Waals surface area (Å²) in [4.78, 5) is 34.2. The number of hydrogen-bond acceptors (Lipinski definition) is 6. The molecule has 27 heavy (non-hydrogen) atoms. The molecule has 1 N–H and O–H groups in total. The maximum atomic E-state index is 12.0. The topological polar surface area (TPSA) is 108 Å². The Kier molecular flexibility index (Phi) is 6.48. The highest BCUT2D eigenvalue weighted by molar-refractivity contribution is 5.95. The zero-order chi connectivity index (χ0) is 20.0. The van der Waals surface area contributed by atoms with Crippen LogP contribution in [0.3, 0.4) is 0 Å². The molecule has 8 heteroatoms. The van der Waals surface area contributed by atoms with Gasteiger partial charge in [0, 0.05) is 6.07 Å². The molecule has 0 aliphatic heterocycles. The maximum Gasteiger partial charge on any atom is 0.344 e. The predicted octanol–water partition coefficient (Wildman–Crippen LogP) is 3.08. The summed E-state index contributed by atoms with van der Waals surface area (Å²) in [6.07, 6.45) is 0. The van der Waals surface area contributed by atoms with Gasteiger partial charge in [-0.2, -0.15) is 0 Å². The molecule has 0 atom stereocenters. The standard InChI is InChI=1S/C19H20N2O6/c1-12-6-5-9-16(14(12)3)26-11-18(23)27-10-17(22)20-19-13(2)7-4-8-15(19)21(24)25/h4-9H,10-11H2,1-3H3,(H,20,22). The molecule has 0 aliphatic rings. The highest BCUT2D eigenvalue weighted by Gasteiger charge is 2.18. The van der Waals surface area contributed by atoms with E-state index >= 15 is 0 Å². The minimum absolute atomic E-state index is 0.0789. The molecule has 142 valence electrons. The summed E-state index contributed by atoms with van der Waals surface area (Å²) in [5.74, 6) is -0.829. The monoisotopic (exact) mass is 372 g/mol. The molecule has 8 nitrogen and oxygen atoms in total. The van der Waals surface area contributed by atoms with Gasteiger partial charge in [0.15, 0.2) is 13.2 Å². The smallest absolute Gasteiger partial charge is 0.344 e. The number of para-hydroxylation sites is 1. The van der Waals surface area contributed by atoms with E-state index in [0.717, 1.165) is 11.1 Å². The largest absolute Gasteiger partial charge is 0.482 e. The Balaban J connectivity index is 1.88. The number of nitro groups is 1. The summed E-state index contributed by atoms with van der Waals surface area (Å²) in [5, 5.41) is 13.5. The third-order valence-corrected chi connectivity index (χ3v) is 3.98. The van der Waals surface area contributed by atoms with Crippen LogP contribution in [0.25, 0.3) is 0 Å². The first-order valence-electron chi connectivity index (χ1n) is 8.18. The van der Waals surface area contributed by atoms with E-state index in [0.29, 0.717) is 11.3 Å². The lowest BCUT2D eigenvalue weighted by Crippen LogP contribution is -2.24. The number of esters is 1. The van der Waals surface area contributed by atoms with E-state index in [4.69, 9.17) is 9.47 Å². The Morgan fingerprint density at radius 1 is 1.04 bits per heavy atom. The first-order chi connectivity index (χ1) is 12.8. The number of amides is 1. The van der Waals surface area contributed by atoms with Gasteiger partial charge in [-0.05, 0) is 43.5 Å². The van der Waals surface area contributed by atoms with Crippen molar-refractivity contribution < 1.29 is 24.0 Å². The second-order valence-electron chi connectivity index (χ2n) is 5.92. The number of ether oxygens (including phenoxy) is 2. The Morgan fingerprint density at radius 3 is 2.41 bits per heavy atom. The lowest BCUT2D eigenvalue weighted by Gasteiger charge is -2.11. The Bertz CT molecular complexity index is 878. The Hall–Kier alpha value is -3.42. The fourth-order valence-electron chi connectivity index (χ4n) is 2.35. The van der Waals surface area contributed by atoms with Gasteiger partial charge in [-0.3, -0.25) is 14.9 Å². The fourth-order valence-corrected chi connectivity index (χ4v) is 2.35. The van der Waals surface area contributed by atoms with Crippen LogP contribution in [-0.2, 0) is 14.3 Å². The van der Waals surface area contributed by atoms with Crippen molar-refractivity contribution in [2.45, 2.75) is 20.8 Å². The first kappa shape index (κ1) is 19.9. The van der Waals surface area contributed by atoms with Crippen molar-refractivity contribution in [3.63, 3.8) is 0 Å². The number of nitrogens with one attached hydrogen (secondary N) is 1. The van der Waals surface area contributed by atoms with Crippen molar-refractivity contribution in [2.75, 3.05) is 18.5 Å². The van der Waals surface area contributed by atoms with Crippen LogP contribution in [0.4, 0.5) is 11.4 Å². The molecule has 0 aliphatic carbocycles. The summed E-state index contributed by atoms with van der Waals surface area (Å²) in [5.41, 5.74) is 2.32. The van der Waals surface area contributed by atoms with Gasteiger partial charge >= 0.3 is 5.97 Å². The first-order valence-corrected chi connectivity index (χ1v) is 8.18. The third-order valence-electron chi connectivity index (χ3n) is 3.98. The van der Waals surface area contributed by atoms with Crippen LogP contribution in [0.15, 0.2) is 36.4 Å². The molecule has 0 spiro atoms. The van der Waals surface area contributed by atoms with Gasteiger partial charge in [-0.15, -0.1) is 0 Å². The SMILES string of the molecule is Cc1cccc(OCC(=O)OCC(=O)Nc2c(C)cccc2[N+](=O)[O-])c1C. The molecule has 0 unspecified atom stereocenters. The Labute approximate surface area is 156 Å². The van der Waals surface area contributed by atoms with Crippen LogP contribution in [-0.4, -0.2) is 30.0 Å². The maximum absolute atomic E-state index is 12.0. The van der Waals surface area contributed by atoms with Gasteiger partial charge in [0.1, 0.15) is 11.4 Å². The number of carbonyl (C=O) groups is 2. The number of nitro benzene ring substituents is 1. The quantitative estimate of drug-likeness (QED) is 0.455. The summed E-state index contributed by atoms with van der Waals surface area (Å²) < 4.78 is 10.3. The van der Waals surface area contributed by atoms with Crippen LogP contribution >= 0.6 is 0 Å². The number of nitrogens with zero attached hydrogens (tertiary/aromatic N) is 1. The van der Waals surface area contributed by atoms with E-state index in [1.54, 1.807) is 19.1 Å². The molecule has 0 bridgehead atoms. The molecule has 0 saturated heterocycles. The number of aryl methyl sites for hydroxylation is 2. The molecular formula is C19H20N2O6. The second kappa shape index (κ2) is 8.79. The van der Waals surface area contributed by atoms with Gasteiger partial charge in [-0.1, -0.05) is 24.3 Å². The van der Waals surface area contributed by atoms with Crippen molar-refractivity contribution in [1.82, 2.24) is 0 Å². The molecule has 2 rings (SSSR count). The van der Waals surface area contributed by atoms with E-state index < -0.39 is 23.4 Å². The van der Waals surface area contributed by atoms with Crippen LogP contribution in [0.5, 0.6) is 5.75 Å². The Morgan fingerprint density at radius 2 is 1.70 bits per heavy atom. The zero-order valence-corrected chi connectivity index (χ0v) is 15.3. The van der Waals surface area contributed by atoms with Crippen LogP contribution < -0.4 is 10.1 Å². The zero-order valence-electron chi connectivity index (χ0n) is 15.3. The van der Waals surface area contributed by atoms with Crippen LogP contribution in [0.1, 0.15) is 16.7 Å². The third kappa shape index (κ3) is 5.27. The van der Waals surface area contributed by atoms with Gasteiger partial charge in [0.2, 0.25) is 0 Å². The molecule has 2 aromatic rings. The molecule has 0 radical (unpaired) electrons. The summed E-state index contributed by atoms with van der Waals surface area (Å²) >= 11 is 0. The predicted molar refractivity (Wildman–Crippen MR) is 98.8 cm³/mol. The van der Waals surface area contributed by atoms with E-state index in [-0.39, 0.29) is 18.0 Å². The number of benzene rings is 2. The van der Waals surface area contributed by atoms with E-state index in [2.05, 4.69) is 5.32 Å². The minimum atomic E-state index is -0.717. The molecule has 0 saturated carbocycles. The van der Waals surface area contributed by atoms with Gasteiger partial charge in [-0.25, -0.2) is 4.79 Å². The summed E-state index contributed by atoms with van der Waals surface area (Å²) in [6.45, 7) is 4.52. The lowest BCUT2D eigenvalue weighted by atomic mass is 10.1. The average molecular weight is 372 g/mol. The molecule has 2 aromatic carbocycles. The van der Waals surface area contributed by atoms with Gasteiger partial charge in [0.05, 0.1) is 4.92 Å². The van der Waals surface area contributed by atoms with Gasteiger partial charge < -0.3 is 14.8 Å². The molecule has 0 heterocycles. The van der Waals surface area contributed by atoms with Gasteiger partial charge in [0.25, 0.3) is 11.6 Å². The number of carbonyl (C=O) groups excluding carboxylic acids is 2. The van der Waals surface area contributed by atoms with E-state index in [1.807, 2.05) is 26.0 Å². The normalized spacial score (nSPS) is 10.2. The van der Waals surface area contributed by atoms with E-state index in [1.165, 1.54) is 12.1 Å². The van der Waals surface area contributed by atoms with Crippen molar-refractivity contribution in [1.29, 1.82) is 0 Å². The average Bonchev–Trinajstić information content (AvgIpc) is 2.62. The highest BCUT2D eigenvalue weighted by Crippen LogP contribution is 2.27. The van der Waals surface area contributed by atoms with Crippen molar-refractivity contribution >= 4 is 23.3 Å². The summed E-state index contributed by atoms with van der Waals surface area (Å²) in [6, 6.07) is 9.91. The van der Waals surface area contributed by atoms with Crippen LogP contribution in [0, 0.1) is 30.9 Å². The number of anilines is 1. The van der Waals surface area contributed by atoms with E-state index in [9.17, 15) is 19.7 Å². The van der Waals surface area contributed by atoms with Crippen molar-refractivity contribution in [2.24, 2.45) is 0 Å². The minimum Gasteiger partial charge on any atom is -0.482 e. The van der Waals surface area contributed by atoms with Crippen molar-refractivity contribution in [3.8, 4) is 5.75 Å². The number of hydrogen-bond donors (Lipinski definition) is 1. The second-order valence-corrected chi connectivity index (χ2v) is 5.92. The highest BCUT2D eigenvalue weighted by atomic mass is 16.6. The lowest BCUT2D eigenvalue weighted by molar-refractivity contribution is -0.384. The molecule has 1 amide bonds. The van der Waals surface area contributed by atoms with Crippen LogP contribution in [0.2, 0.25) is 0 Å². The number of rotatable bonds is 7. The van der Waals surface area contributed by atoms with Crippen molar-refractivity contribution in [3.05, 3.63) is 63.2 Å². The molecule has 0 aromatic heterocycles.